The van der Waals surface area contributed by atoms with E-state index in [2.05, 4.69) is 45.3 Å². The quantitative estimate of drug-likeness (QED) is 0.270. The first kappa shape index (κ1) is 26.4. The van der Waals surface area contributed by atoms with Crippen LogP contribution in [0, 0.1) is 0 Å². The fourth-order valence-corrected chi connectivity index (χ4v) is 4.39. The average molecular weight is 570 g/mol. The van der Waals surface area contributed by atoms with E-state index in [0.717, 1.165) is 44.0 Å². The van der Waals surface area contributed by atoms with Crippen LogP contribution < -0.4 is 20.9 Å². The van der Waals surface area contributed by atoms with Crippen molar-refractivity contribution in [2.75, 3.05) is 24.5 Å². The SMILES string of the molecule is CCNC(=NCc1cccc(C(=O)NC(C)(C)C)c1)NC1CCN(c2cccs2)CC1.I. The van der Waals surface area contributed by atoms with Crippen molar-refractivity contribution in [3.05, 3.63) is 52.9 Å². The summed E-state index contributed by atoms with van der Waals surface area (Å²) >= 11 is 1.81. The van der Waals surface area contributed by atoms with Crippen LogP contribution in [0.1, 0.15) is 56.5 Å². The second-order valence-electron chi connectivity index (χ2n) is 8.96. The minimum Gasteiger partial charge on any atom is -0.363 e. The standard InChI is InChI=1S/C24H35N5OS.HI/c1-5-25-23(27-20-11-13-29(14-12-20)21-10-7-15-31-21)26-17-18-8-6-9-19(16-18)22(30)28-24(2,3)4;/h6-10,15-16,20H,5,11-14,17H2,1-4H3,(H,28,30)(H2,25,26,27);1H. The van der Waals surface area contributed by atoms with Gasteiger partial charge in [-0.3, -0.25) is 4.79 Å². The molecule has 3 rings (SSSR count). The lowest BCUT2D eigenvalue weighted by Crippen LogP contribution is -2.48. The molecule has 32 heavy (non-hydrogen) atoms. The van der Waals surface area contributed by atoms with Gasteiger partial charge in [-0.25, -0.2) is 4.99 Å². The van der Waals surface area contributed by atoms with Gasteiger partial charge in [-0.1, -0.05) is 12.1 Å². The molecule has 1 fully saturated rings. The molecule has 1 aliphatic rings. The maximum atomic E-state index is 12.5. The summed E-state index contributed by atoms with van der Waals surface area (Å²) in [5.41, 5.74) is 1.43. The maximum absolute atomic E-state index is 12.5. The van der Waals surface area contributed by atoms with Crippen LogP contribution in [0.4, 0.5) is 5.00 Å². The summed E-state index contributed by atoms with van der Waals surface area (Å²) in [5.74, 6) is 0.780. The molecule has 1 amide bonds. The van der Waals surface area contributed by atoms with Crippen molar-refractivity contribution in [1.29, 1.82) is 0 Å². The van der Waals surface area contributed by atoms with Crippen LogP contribution in [-0.2, 0) is 6.54 Å². The fourth-order valence-electron chi connectivity index (χ4n) is 3.60. The third-order valence-electron chi connectivity index (χ3n) is 5.10. The number of carbonyl (C=O) groups excluding carboxylic acids is 1. The summed E-state index contributed by atoms with van der Waals surface area (Å²) < 4.78 is 0. The van der Waals surface area contributed by atoms with Gasteiger partial charge >= 0.3 is 0 Å². The number of piperidine rings is 1. The summed E-state index contributed by atoms with van der Waals surface area (Å²) in [7, 11) is 0. The third-order valence-corrected chi connectivity index (χ3v) is 6.02. The number of rotatable bonds is 6. The molecule has 2 aromatic rings. The predicted octanol–water partition coefficient (Wildman–Crippen LogP) is 4.62. The van der Waals surface area contributed by atoms with Crippen LogP contribution >= 0.6 is 35.3 Å². The zero-order chi connectivity index (χ0) is 22.3. The summed E-state index contributed by atoms with van der Waals surface area (Å²) in [6, 6.07) is 12.4. The van der Waals surface area contributed by atoms with Gasteiger partial charge in [-0.05, 0) is 75.7 Å². The van der Waals surface area contributed by atoms with Gasteiger partial charge < -0.3 is 20.9 Å². The molecule has 0 unspecified atom stereocenters. The van der Waals surface area contributed by atoms with E-state index < -0.39 is 0 Å². The number of guanidine groups is 1. The number of nitrogens with zero attached hydrogens (tertiary/aromatic N) is 2. The highest BCUT2D eigenvalue weighted by atomic mass is 127. The first-order valence-electron chi connectivity index (χ1n) is 11.1. The Kier molecular flexibility index (Phi) is 10.3. The van der Waals surface area contributed by atoms with Gasteiger partial charge in [0.25, 0.3) is 5.91 Å². The van der Waals surface area contributed by atoms with Crippen LogP contribution in [0.15, 0.2) is 46.8 Å². The summed E-state index contributed by atoms with van der Waals surface area (Å²) in [6.45, 7) is 11.5. The Balaban J connectivity index is 0.00000363. The molecule has 0 aliphatic carbocycles. The molecule has 176 valence electrons. The van der Waals surface area contributed by atoms with Crippen molar-refractivity contribution in [3.63, 3.8) is 0 Å². The van der Waals surface area contributed by atoms with Crippen molar-refractivity contribution >= 4 is 52.2 Å². The second kappa shape index (κ2) is 12.4. The second-order valence-corrected chi connectivity index (χ2v) is 9.88. The molecule has 6 nitrogen and oxygen atoms in total. The van der Waals surface area contributed by atoms with Gasteiger partial charge in [-0.2, -0.15) is 0 Å². The molecule has 3 N–H and O–H groups in total. The summed E-state index contributed by atoms with van der Waals surface area (Å²) in [5, 5.41) is 13.5. The molecule has 0 saturated carbocycles. The molecular weight excluding hydrogens is 533 g/mol. The predicted molar refractivity (Wildman–Crippen MR) is 147 cm³/mol. The van der Waals surface area contributed by atoms with Gasteiger partial charge in [0.05, 0.1) is 11.5 Å². The number of hydrogen-bond donors (Lipinski definition) is 3. The molecule has 0 spiro atoms. The number of aliphatic imine (C=N–C) groups is 1. The first-order chi connectivity index (χ1) is 14.8. The zero-order valence-electron chi connectivity index (χ0n) is 19.5. The Morgan fingerprint density at radius 2 is 1.94 bits per heavy atom. The molecule has 0 bridgehead atoms. The van der Waals surface area contributed by atoms with Gasteiger partial charge in [0.2, 0.25) is 0 Å². The van der Waals surface area contributed by atoms with E-state index >= 15 is 0 Å². The van der Waals surface area contributed by atoms with E-state index in [9.17, 15) is 4.79 Å². The van der Waals surface area contributed by atoms with Gasteiger partial charge in [0.1, 0.15) is 0 Å². The summed E-state index contributed by atoms with van der Waals surface area (Å²) in [6.07, 6.45) is 2.18. The largest absolute Gasteiger partial charge is 0.363 e. The monoisotopic (exact) mass is 569 g/mol. The van der Waals surface area contributed by atoms with Gasteiger partial charge in [-0.15, -0.1) is 35.3 Å². The molecule has 1 aliphatic heterocycles. The third kappa shape index (κ3) is 8.27. The van der Waals surface area contributed by atoms with Crippen LogP contribution in [0.3, 0.4) is 0 Å². The highest BCUT2D eigenvalue weighted by Crippen LogP contribution is 2.24. The Morgan fingerprint density at radius 3 is 2.56 bits per heavy atom. The zero-order valence-corrected chi connectivity index (χ0v) is 22.6. The van der Waals surface area contributed by atoms with Crippen molar-refractivity contribution in [2.45, 2.75) is 58.7 Å². The van der Waals surface area contributed by atoms with Crippen LogP contribution in [-0.4, -0.2) is 43.1 Å². The van der Waals surface area contributed by atoms with Crippen molar-refractivity contribution in [1.82, 2.24) is 16.0 Å². The van der Waals surface area contributed by atoms with Crippen molar-refractivity contribution in [2.24, 2.45) is 4.99 Å². The number of carbonyl (C=O) groups is 1. The molecule has 2 heterocycles. The van der Waals surface area contributed by atoms with Gasteiger partial charge in [0.15, 0.2) is 5.96 Å². The van der Waals surface area contributed by atoms with E-state index in [0.29, 0.717) is 18.2 Å². The number of benzene rings is 1. The van der Waals surface area contributed by atoms with Crippen molar-refractivity contribution < 1.29 is 4.79 Å². The number of thiophene rings is 1. The highest BCUT2D eigenvalue weighted by molar-refractivity contribution is 14.0. The summed E-state index contributed by atoms with van der Waals surface area (Å²) in [4.78, 5) is 19.7. The molecular formula is C24H36IN5OS. The van der Waals surface area contributed by atoms with E-state index in [4.69, 9.17) is 4.99 Å². The van der Waals surface area contributed by atoms with E-state index in [1.54, 1.807) is 11.3 Å². The molecule has 1 aromatic heterocycles. The molecule has 0 radical (unpaired) electrons. The Hall–Kier alpha value is -1.81. The topological polar surface area (TPSA) is 68.8 Å². The Bertz CT molecular complexity index is 871. The average Bonchev–Trinajstić information content (AvgIpc) is 3.27. The van der Waals surface area contributed by atoms with Gasteiger partial charge in [0, 0.05) is 36.8 Å². The lowest BCUT2D eigenvalue weighted by molar-refractivity contribution is 0.0919. The van der Waals surface area contributed by atoms with E-state index in [-0.39, 0.29) is 35.4 Å². The molecule has 0 atom stereocenters. The number of halogens is 1. The number of amides is 1. The maximum Gasteiger partial charge on any atom is 0.251 e. The van der Waals surface area contributed by atoms with E-state index in [1.807, 2.05) is 45.0 Å². The molecule has 8 heteroatoms. The van der Waals surface area contributed by atoms with Crippen LogP contribution in [0.2, 0.25) is 0 Å². The smallest absolute Gasteiger partial charge is 0.251 e. The van der Waals surface area contributed by atoms with Crippen LogP contribution in [0.25, 0.3) is 0 Å². The normalized spacial score (nSPS) is 15.1. The van der Waals surface area contributed by atoms with Crippen LogP contribution in [0.5, 0.6) is 0 Å². The number of nitrogens with one attached hydrogen (secondary N) is 3. The highest BCUT2D eigenvalue weighted by Gasteiger charge is 2.21. The Labute approximate surface area is 213 Å². The fraction of sp³-hybridized carbons (Fsp3) is 0.500. The minimum absolute atomic E-state index is 0. The first-order valence-corrected chi connectivity index (χ1v) is 12.0. The molecule has 1 saturated heterocycles. The van der Waals surface area contributed by atoms with Crippen molar-refractivity contribution in [3.8, 4) is 0 Å². The number of anilines is 1. The Morgan fingerprint density at radius 1 is 1.19 bits per heavy atom. The lowest BCUT2D eigenvalue weighted by Gasteiger charge is -2.33. The lowest BCUT2D eigenvalue weighted by atomic mass is 10.1. The number of hydrogen-bond acceptors (Lipinski definition) is 4. The minimum atomic E-state index is -0.257. The molecule has 1 aromatic carbocycles. The van der Waals surface area contributed by atoms with E-state index in [1.165, 1.54) is 5.00 Å².